The van der Waals surface area contributed by atoms with E-state index >= 15 is 0 Å². The number of ether oxygens (including phenoxy) is 1. The summed E-state index contributed by atoms with van der Waals surface area (Å²) in [4.78, 5) is 11.3. The van der Waals surface area contributed by atoms with Crippen molar-refractivity contribution in [3.8, 4) is 0 Å². The van der Waals surface area contributed by atoms with Crippen LogP contribution < -0.4 is 10.6 Å². The SMILES string of the molecule is CC(C)(C)OC(=O)NCCNc1cc(F)c(F)cc1F. The molecule has 1 amide bonds. The van der Waals surface area contributed by atoms with Gasteiger partial charge in [0.1, 0.15) is 11.4 Å². The maximum Gasteiger partial charge on any atom is 0.407 e. The van der Waals surface area contributed by atoms with E-state index in [1.807, 2.05) is 0 Å². The fraction of sp³-hybridized carbons (Fsp3) is 0.462. The Balaban J connectivity index is 2.38. The normalized spacial score (nSPS) is 11.1. The summed E-state index contributed by atoms with van der Waals surface area (Å²) in [6.07, 6.45) is -0.606. The van der Waals surface area contributed by atoms with Crippen LogP contribution in [0.25, 0.3) is 0 Å². The standard InChI is InChI=1S/C13H17F3N2O2/c1-13(2,3)20-12(19)18-5-4-17-11-7-9(15)8(14)6-10(11)16/h6-7,17H,4-5H2,1-3H3,(H,18,19). The predicted molar refractivity (Wildman–Crippen MR) is 69.0 cm³/mol. The second kappa shape index (κ2) is 6.49. The number of carbonyl (C=O) groups excluding carboxylic acids is 1. The third-order valence-corrected chi connectivity index (χ3v) is 2.12. The third kappa shape index (κ3) is 5.38. The molecule has 0 spiro atoms. The number of benzene rings is 1. The van der Waals surface area contributed by atoms with Crippen LogP contribution in [0.15, 0.2) is 12.1 Å². The summed E-state index contributed by atoms with van der Waals surface area (Å²) in [5.74, 6) is -3.30. The lowest BCUT2D eigenvalue weighted by Crippen LogP contribution is -2.35. The van der Waals surface area contributed by atoms with E-state index in [0.717, 1.165) is 6.07 Å². The maximum atomic E-state index is 13.3. The number of amides is 1. The van der Waals surface area contributed by atoms with Gasteiger partial charge < -0.3 is 15.4 Å². The fourth-order valence-electron chi connectivity index (χ4n) is 1.33. The van der Waals surface area contributed by atoms with Crippen LogP contribution in [0.4, 0.5) is 23.7 Å². The van der Waals surface area contributed by atoms with Gasteiger partial charge in [-0.1, -0.05) is 0 Å². The topological polar surface area (TPSA) is 50.4 Å². The molecule has 0 heterocycles. The first kappa shape index (κ1) is 16.1. The Labute approximate surface area is 115 Å². The first-order valence-corrected chi connectivity index (χ1v) is 6.04. The Bertz CT molecular complexity index is 487. The molecule has 1 aromatic carbocycles. The second-order valence-corrected chi connectivity index (χ2v) is 5.10. The molecule has 20 heavy (non-hydrogen) atoms. The number of hydrogen-bond donors (Lipinski definition) is 2. The van der Waals surface area contributed by atoms with Gasteiger partial charge >= 0.3 is 6.09 Å². The second-order valence-electron chi connectivity index (χ2n) is 5.10. The van der Waals surface area contributed by atoms with Crippen molar-refractivity contribution in [1.82, 2.24) is 5.32 Å². The number of nitrogens with one attached hydrogen (secondary N) is 2. The lowest BCUT2D eigenvalue weighted by molar-refractivity contribution is 0.0530. The largest absolute Gasteiger partial charge is 0.444 e. The zero-order chi connectivity index (χ0) is 15.3. The van der Waals surface area contributed by atoms with Gasteiger partial charge in [-0.25, -0.2) is 18.0 Å². The van der Waals surface area contributed by atoms with Gasteiger partial charge in [-0.15, -0.1) is 0 Å². The molecule has 112 valence electrons. The molecule has 2 N–H and O–H groups in total. The molecule has 0 unspecified atom stereocenters. The van der Waals surface area contributed by atoms with Gasteiger partial charge in [0, 0.05) is 25.2 Å². The van der Waals surface area contributed by atoms with Crippen molar-refractivity contribution >= 4 is 11.8 Å². The van der Waals surface area contributed by atoms with E-state index in [-0.39, 0.29) is 18.8 Å². The number of carbonyl (C=O) groups is 1. The van der Waals surface area contributed by atoms with Crippen molar-refractivity contribution in [2.75, 3.05) is 18.4 Å². The summed E-state index contributed by atoms with van der Waals surface area (Å²) in [5.41, 5.74) is -0.779. The van der Waals surface area contributed by atoms with E-state index < -0.39 is 29.1 Å². The average Bonchev–Trinajstić information content (AvgIpc) is 2.28. The lowest BCUT2D eigenvalue weighted by Gasteiger charge is -2.19. The summed E-state index contributed by atoms with van der Waals surface area (Å²) in [7, 11) is 0. The first-order valence-electron chi connectivity index (χ1n) is 6.04. The summed E-state index contributed by atoms with van der Waals surface area (Å²) < 4.78 is 43.9. The molecule has 0 saturated heterocycles. The van der Waals surface area contributed by atoms with Crippen LogP contribution in [0.5, 0.6) is 0 Å². The first-order chi connectivity index (χ1) is 9.19. The van der Waals surface area contributed by atoms with Crippen LogP contribution >= 0.6 is 0 Å². The Hall–Kier alpha value is -1.92. The minimum atomic E-state index is -1.25. The smallest absolute Gasteiger partial charge is 0.407 e. The van der Waals surface area contributed by atoms with Crippen molar-refractivity contribution in [1.29, 1.82) is 0 Å². The third-order valence-electron chi connectivity index (χ3n) is 2.12. The Morgan fingerprint density at radius 3 is 2.30 bits per heavy atom. The van der Waals surface area contributed by atoms with Crippen LogP contribution in [0.2, 0.25) is 0 Å². The predicted octanol–water partition coefficient (Wildman–Crippen LogP) is 3.04. The van der Waals surface area contributed by atoms with Crippen LogP contribution in [0.1, 0.15) is 20.8 Å². The molecular formula is C13H17F3N2O2. The van der Waals surface area contributed by atoms with Crippen molar-refractivity contribution in [3.63, 3.8) is 0 Å². The molecule has 0 bridgehead atoms. The van der Waals surface area contributed by atoms with Gasteiger partial charge in [-0.2, -0.15) is 0 Å². The van der Waals surface area contributed by atoms with Crippen molar-refractivity contribution in [3.05, 3.63) is 29.6 Å². The number of halogens is 3. The summed E-state index contributed by atoms with van der Waals surface area (Å²) in [6.45, 7) is 5.46. The van der Waals surface area contributed by atoms with E-state index in [2.05, 4.69) is 10.6 Å². The highest BCUT2D eigenvalue weighted by molar-refractivity contribution is 5.67. The van der Waals surface area contributed by atoms with E-state index in [4.69, 9.17) is 4.74 Å². The number of alkyl carbamates (subject to hydrolysis) is 1. The molecule has 0 aromatic heterocycles. The molecule has 0 aliphatic rings. The van der Waals surface area contributed by atoms with Crippen LogP contribution in [0.3, 0.4) is 0 Å². The average molecular weight is 290 g/mol. The highest BCUT2D eigenvalue weighted by atomic mass is 19.2. The highest BCUT2D eigenvalue weighted by Crippen LogP contribution is 2.17. The van der Waals surface area contributed by atoms with Crippen molar-refractivity contribution in [2.45, 2.75) is 26.4 Å². The molecule has 7 heteroatoms. The van der Waals surface area contributed by atoms with Crippen molar-refractivity contribution in [2.24, 2.45) is 0 Å². The van der Waals surface area contributed by atoms with E-state index in [0.29, 0.717) is 6.07 Å². The molecule has 1 aromatic rings. The zero-order valence-electron chi connectivity index (χ0n) is 11.5. The van der Waals surface area contributed by atoms with Gasteiger partial charge in [0.05, 0.1) is 5.69 Å². The molecule has 4 nitrogen and oxygen atoms in total. The molecule has 1 rings (SSSR count). The Morgan fingerprint density at radius 2 is 1.70 bits per heavy atom. The van der Waals surface area contributed by atoms with E-state index in [1.165, 1.54) is 0 Å². The van der Waals surface area contributed by atoms with Gasteiger partial charge in [0.25, 0.3) is 0 Å². The lowest BCUT2D eigenvalue weighted by atomic mass is 10.2. The summed E-state index contributed by atoms with van der Waals surface area (Å²) in [5, 5.41) is 4.99. The molecule has 0 fully saturated rings. The quantitative estimate of drug-likeness (QED) is 0.662. The van der Waals surface area contributed by atoms with Gasteiger partial charge in [-0.05, 0) is 20.8 Å². The monoisotopic (exact) mass is 290 g/mol. The van der Waals surface area contributed by atoms with Crippen LogP contribution in [-0.4, -0.2) is 24.8 Å². The molecule has 0 aliphatic heterocycles. The molecular weight excluding hydrogens is 273 g/mol. The molecule has 0 saturated carbocycles. The highest BCUT2D eigenvalue weighted by Gasteiger charge is 2.15. The summed E-state index contributed by atoms with van der Waals surface area (Å²) in [6, 6.07) is 1.18. The Kier molecular flexibility index (Phi) is 5.24. The minimum Gasteiger partial charge on any atom is -0.444 e. The number of anilines is 1. The van der Waals surface area contributed by atoms with Crippen LogP contribution in [0, 0.1) is 17.5 Å². The molecule has 0 atom stereocenters. The minimum absolute atomic E-state index is 0.140. The van der Waals surface area contributed by atoms with E-state index in [9.17, 15) is 18.0 Å². The Morgan fingerprint density at radius 1 is 1.10 bits per heavy atom. The fourth-order valence-corrected chi connectivity index (χ4v) is 1.33. The van der Waals surface area contributed by atoms with Crippen LogP contribution in [-0.2, 0) is 4.74 Å². The van der Waals surface area contributed by atoms with Gasteiger partial charge in [0.15, 0.2) is 11.6 Å². The zero-order valence-corrected chi connectivity index (χ0v) is 11.5. The van der Waals surface area contributed by atoms with Gasteiger partial charge in [-0.3, -0.25) is 0 Å². The maximum absolute atomic E-state index is 13.3. The number of hydrogen-bond acceptors (Lipinski definition) is 3. The summed E-state index contributed by atoms with van der Waals surface area (Å²) >= 11 is 0. The van der Waals surface area contributed by atoms with E-state index in [1.54, 1.807) is 20.8 Å². The van der Waals surface area contributed by atoms with Gasteiger partial charge in [0.2, 0.25) is 0 Å². The number of rotatable bonds is 4. The molecule has 0 aliphatic carbocycles. The molecule has 0 radical (unpaired) electrons. The van der Waals surface area contributed by atoms with Crippen molar-refractivity contribution < 1.29 is 22.7 Å².